The summed E-state index contributed by atoms with van der Waals surface area (Å²) in [6, 6.07) is 0. The Hall–Kier alpha value is -0.900. The van der Waals surface area contributed by atoms with E-state index in [1.54, 1.807) is 16.2 Å². The van der Waals surface area contributed by atoms with Gasteiger partial charge in [0.05, 0.1) is 10.7 Å². The van der Waals surface area contributed by atoms with Crippen LogP contribution in [0.5, 0.6) is 0 Å². The monoisotopic (exact) mass is 183 g/mol. The number of nitrogens with one attached hydrogen (secondary N) is 1. The predicted molar refractivity (Wildman–Crippen MR) is 52.0 cm³/mol. The molecule has 0 saturated heterocycles. The van der Waals surface area contributed by atoms with Crippen molar-refractivity contribution >= 4 is 17.2 Å². The van der Waals surface area contributed by atoms with Crippen LogP contribution >= 0.6 is 11.3 Å². The van der Waals surface area contributed by atoms with E-state index in [0.717, 1.165) is 10.7 Å². The second-order valence-electron chi connectivity index (χ2n) is 2.88. The van der Waals surface area contributed by atoms with E-state index in [9.17, 15) is 0 Å². The Kier molecular flexibility index (Phi) is 2.81. The van der Waals surface area contributed by atoms with E-state index in [1.165, 1.54) is 0 Å². The highest BCUT2D eigenvalue weighted by Gasteiger charge is 2.03. The Balaban J connectivity index is 2.58. The molecule has 0 radical (unpaired) electrons. The SMILES string of the molecule is Cc1nc(CC(=N)N(C)C)cs1. The Morgan fingerprint density at radius 1 is 1.67 bits per heavy atom. The number of thiazole rings is 1. The summed E-state index contributed by atoms with van der Waals surface area (Å²) in [6.45, 7) is 1.98. The molecule has 4 heteroatoms. The molecule has 0 spiro atoms. The number of aryl methyl sites for hydroxylation is 1. The first-order chi connectivity index (χ1) is 5.59. The molecule has 0 amide bonds. The van der Waals surface area contributed by atoms with Crippen molar-refractivity contribution in [3.8, 4) is 0 Å². The fraction of sp³-hybridized carbons (Fsp3) is 0.500. The average molecular weight is 183 g/mol. The highest BCUT2D eigenvalue weighted by Crippen LogP contribution is 2.08. The maximum atomic E-state index is 7.58. The first-order valence-electron chi connectivity index (χ1n) is 3.75. The normalized spacial score (nSPS) is 9.92. The second kappa shape index (κ2) is 3.67. The van der Waals surface area contributed by atoms with Crippen LogP contribution in [0.15, 0.2) is 5.38 Å². The van der Waals surface area contributed by atoms with Crippen LogP contribution in [0.25, 0.3) is 0 Å². The van der Waals surface area contributed by atoms with Crippen LogP contribution in [0.1, 0.15) is 10.7 Å². The van der Waals surface area contributed by atoms with Gasteiger partial charge in [-0.05, 0) is 6.92 Å². The number of nitrogens with zero attached hydrogens (tertiary/aromatic N) is 2. The van der Waals surface area contributed by atoms with Crippen molar-refractivity contribution in [2.45, 2.75) is 13.3 Å². The van der Waals surface area contributed by atoms with Gasteiger partial charge in [0.25, 0.3) is 0 Å². The van der Waals surface area contributed by atoms with Gasteiger partial charge in [0.2, 0.25) is 0 Å². The largest absolute Gasteiger partial charge is 0.366 e. The van der Waals surface area contributed by atoms with Crippen molar-refractivity contribution in [1.82, 2.24) is 9.88 Å². The minimum atomic E-state index is 0.598. The first-order valence-corrected chi connectivity index (χ1v) is 4.63. The van der Waals surface area contributed by atoms with Gasteiger partial charge < -0.3 is 4.90 Å². The van der Waals surface area contributed by atoms with Crippen LogP contribution in [0, 0.1) is 12.3 Å². The Bertz CT molecular complexity index is 278. The summed E-state index contributed by atoms with van der Waals surface area (Å²) >= 11 is 1.63. The summed E-state index contributed by atoms with van der Waals surface area (Å²) in [6.07, 6.45) is 0.636. The number of amidine groups is 1. The fourth-order valence-electron chi connectivity index (χ4n) is 0.819. The molecule has 3 nitrogen and oxygen atoms in total. The Morgan fingerprint density at radius 2 is 2.33 bits per heavy atom. The average Bonchev–Trinajstić information content (AvgIpc) is 2.35. The minimum Gasteiger partial charge on any atom is -0.366 e. The van der Waals surface area contributed by atoms with Gasteiger partial charge in [0.1, 0.15) is 5.84 Å². The van der Waals surface area contributed by atoms with E-state index in [4.69, 9.17) is 5.41 Å². The van der Waals surface area contributed by atoms with E-state index < -0.39 is 0 Å². The molecule has 0 bridgehead atoms. The van der Waals surface area contributed by atoms with Crippen LogP contribution in [0.3, 0.4) is 0 Å². The Labute approximate surface area is 76.6 Å². The summed E-state index contributed by atoms with van der Waals surface area (Å²) < 4.78 is 0. The number of hydrogen-bond donors (Lipinski definition) is 1. The summed E-state index contributed by atoms with van der Waals surface area (Å²) in [5, 5.41) is 10.7. The van der Waals surface area contributed by atoms with Crippen LogP contribution in [0.2, 0.25) is 0 Å². The third-order valence-corrected chi connectivity index (χ3v) is 2.38. The molecule has 1 heterocycles. The van der Waals surface area contributed by atoms with Crippen LogP contribution < -0.4 is 0 Å². The maximum Gasteiger partial charge on any atom is 0.101 e. The number of rotatable bonds is 2. The third kappa shape index (κ3) is 2.30. The van der Waals surface area contributed by atoms with Gasteiger partial charge in [-0.25, -0.2) is 4.98 Å². The van der Waals surface area contributed by atoms with Gasteiger partial charge in [-0.2, -0.15) is 0 Å². The molecular formula is C8H13N3S. The molecule has 0 aromatic carbocycles. The molecule has 0 atom stereocenters. The summed E-state index contributed by atoms with van der Waals surface area (Å²) in [5.41, 5.74) is 0.996. The smallest absolute Gasteiger partial charge is 0.101 e. The lowest BCUT2D eigenvalue weighted by Crippen LogP contribution is -2.22. The molecule has 0 aliphatic rings. The maximum absolute atomic E-state index is 7.58. The third-order valence-electron chi connectivity index (χ3n) is 1.55. The molecule has 0 unspecified atom stereocenters. The summed E-state index contributed by atoms with van der Waals surface area (Å²) in [7, 11) is 3.75. The molecule has 1 aromatic rings. The zero-order valence-corrected chi connectivity index (χ0v) is 8.40. The van der Waals surface area contributed by atoms with Crippen molar-refractivity contribution in [1.29, 1.82) is 5.41 Å². The molecule has 1 N–H and O–H groups in total. The van der Waals surface area contributed by atoms with E-state index in [0.29, 0.717) is 12.3 Å². The molecule has 0 aliphatic carbocycles. The summed E-state index contributed by atoms with van der Waals surface area (Å²) in [4.78, 5) is 6.08. The van der Waals surface area contributed by atoms with E-state index >= 15 is 0 Å². The molecular weight excluding hydrogens is 170 g/mol. The van der Waals surface area contributed by atoms with Crippen molar-refractivity contribution in [2.75, 3.05) is 14.1 Å². The topological polar surface area (TPSA) is 40.0 Å². The zero-order chi connectivity index (χ0) is 9.14. The molecule has 1 aromatic heterocycles. The molecule has 0 saturated carbocycles. The van der Waals surface area contributed by atoms with Crippen LogP contribution in [-0.4, -0.2) is 29.8 Å². The van der Waals surface area contributed by atoms with Crippen LogP contribution in [-0.2, 0) is 6.42 Å². The summed E-state index contributed by atoms with van der Waals surface area (Å²) in [5.74, 6) is 0.598. The lowest BCUT2D eigenvalue weighted by Gasteiger charge is -2.11. The van der Waals surface area contributed by atoms with Gasteiger partial charge >= 0.3 is 0 Å². The van der Waals surface area contributed by atoms with Gasteiger partial charge in [-0.1, -0.05) is 0 Å². The first kappa shape index (κ1) is 9.19. The van der Waals surface area contributed by atoms with Crippen molar-refractivity contribution in [3.05, 3.63) is 16.1 Å². The highest BCUT2D eigenvalue weighted by atomic mass is 32.1. The zero-order valence-electron chi connectivity index (χ0n) is 7.59. The minimum absolute atomic E-state index is 0.598. The Morgan fingerprint density at radius 3 is 2.75 bits per heavy atom. The molecule has 66 valence electrons. The number of aromatic nitrogens is 1. The van der Waals surface area contributed by atoms with Crippen molar-refractivity contribution in [2.24, 2.45) is 0 Å². The van der Waals surface area contributed by atoms with Crippen molar-refractivity contribution in [3.63, 3.8) is 0 Å². The van der Waals surface area contributed by atoms with Crippen molar-refractivity contribution < 1.29 is 0 Å². The molecule has 1 rings (SSSR count). The van der Waals surface area contributed by atoms with Crippen LogP contribution in [0.4, 0.5) is 0 Å². The van der Waals surface area contributed by atoms with Gasteiger partial charge in [-0.3, -0.25) is 5.41 Å². The quantitative estimate of drug-likeness (QED) is 0.558. The fourth-order valence-corrected chi connectivity index (χ4v) is 1.43. The van der Waals surface area contributed by atoms with E-state index in [-0.39, 0.29) is 0 Å². The molecule has 0 fully saturated rings. The molecule has 12 heavy (non-hydrogen) atoms. The second-order valence-corrected chi connectivity index (χ2v) is 3.94. The standard InChI is InChI=1S/C8H13N3S/c1-6-10-7(5-12-6)4-8(9)11(2)3/h5,9H,4H2,1-3H3. The predicted octanol–water partition coefficient (Wildman–Crippen LogP) is 1.53. The van der Waals surface area contributed by atoms with Gasteiger partial charge in [0.15, 0.2) is 0 Å². The highest BCUT2D eigenvalue weighted by molar-refractivity contribution is 7.09. The lowest BCUT2D eigenvalue weighted by atomic mass is 10.3. The van der Waals surface area contributed by atoms with Gasteiger partial charge in [-0.15, -0.1) is 11.3 Å². The molecule has 0 aliphatic heterocycles. The van der Waals surface area contributed by atoms with E-state index in [1.807, 2.05) is 26.4 Å². The van der Waals surface area contributed by atoms with E-state index in [2.05, 4.69) is 4.98 Å². The lowest BCUT2D eigenvalue weighted by molar-refractivity contribution is 0.604. The number of hydrogen-bond acceptors (Lipinski definition) is 3. The number of likely N-dealkylation sites (N-methyl/N-ethyl adjacent to an activating group) is 1. The van der Waals surface area contributed by atoms with Gasteiger partial charge in [0, 0.05) is 25.9 Å².